The Morgan fingerprint density at radius 1 is 1.34 bits per heavy atom. The van der Waals surface area contributed by atoms with Crippen LogP contribution in [0, 0.1) is 11.3 Å². The van der Waals surface area contributed by atoms with Crippen molar-refractivity contribution >= 4 is 25.1 Å². The maximum Gasteiger partial charge on any atom is 0.492 e. The van der Waals surface area contributed by atoms with Gasteiger partial charge in [0.05, 0.1) is 16.8 Å². The van der Waals surface area contributed by atoms with E-state index in [1.165, 1.54) is 0 Å². The number of aromatic nitrogens is 1. The number of ether oxygens (including phenoxy) is 1. The summed E-state index contributed by atoms with van der Waals surface area (Å²) in [5.74, 6) is 0.161. The van der Waals surface area contributed by atoms with Gasteiger partial charge < -0.3 is 25.1 Å². The molecule has 1 saturated heterocycles. The summed E-state index contributed by atoms with van der Waals surface area (Å²) in [7, 11) is -0.682. The van der Waals surface area contributed by atoms with Crippen LogP contribution in [0.3, 0.4) is 0 Å². The molecule has 9 heteroatoms. The minimum Gasteiger partial charge on any atom is -0.444 e. The van der Waals surface area contributed by atoms with Gasteiger partial charge in [-0.3, -0.25) is 0 Å². The fourth-order valence-electron chi connectivity index (χ4n) is 2.56. The molecule has 1 aromatic heterocycles. The normalized spacial score (nSPS) is 18.3. The van der Waals surface area contributed by atoms with Crippen LogP contribution in [-0.4, -0.2) is 41.5 Å². The molecule has 29 heavy (non-hydrogen) atoms. The second kappa shape index (κ2) is 8.05. The van der Waals surface area contributed by atoms with Crippen LogP contribution in [0.25, 0.3) is 6.08 Å². The quantitative estimate of drug-likeness (QED) is 0.746. The number of carbonyl (C=O) groups is 1. The lowest BCUT2D eigenvalue weighted by molar-refractivity contribution is 0.00578. The molecule has 1 fully saturated rings. The largest absolute Gasteiger partial charge is 0.492 e. The van der Waals surface area contributed by atoms with Crippen molar-refractivity contribution < 1.29 is 18.8 Å². The van der Waals surface area contributed by atoms with E-state index >= 15 is 0 Å². The Morgan fingerprint density at radius 2 is 1.93 bits per heavy atom. The van der Waals surface area contributed by atoms with Crippen molar-refractivity contribution in [3.63, 3.8) is 0 Å². The van der Waals surface area contributed by atoms with Crippen LogP contribution >= 0.6 is 0 Å². The number of rotatable bonds is 4. The Balaban J connectivity index is 2.31. The first-order chi connectivity index (χ1) is 13.2. The Morgan fingerprint density at radius 3 is 2.45 bits per heavy atom. The van der Waals surface area contributed by atoms with E-state index in [1.807, 2.05) is 33.8 Å². The van der Waals surface area contributed by atoms with E-state index in [9.17, 15) is 10.1 Å². The highest BCUT2D eigenvalue weighted by molar-refractivity contribution is 6.56. The Hall–Kier alpha value is -2.57. The maximum absolute atomic E-state index is 12.1. The Kier molecular flexibility index (Phi) is 6.31. The molecule has 1 aromatic rings. The lowest BCUT2D eigenvalue weighted by Gasteiger charge is -2.32. The van der Waals surface area contributed by atoms with Gasteiger partial charge in [-0.15, -0.1) is 0 Å². The molecule has 0 aliphatic carbocycles. The van der Waals surface area contributed by atoms with Crippen LogP contribution in [0.5, 0.6) is 0 Å². The number of alkyl carbamates (subject to hydrolysis) is 1. The van der Waals surface area contributed by atoms with Gasteiger partial charge in [0.2, 0.25) is 0 Å². The van der Waals surface area contributed by atoms with Crippen LogP contribution in [-0.2, 0) is 14.0 Å². The SMILES string of the molecule is CC(C)(C)OC(=O)NCC(=Cc1cnc(N)c(C#N)c1)B1OC(C)(C)C(C)(C)O1. The van der Waals surface area contributed by atoms with Crippen molar-refractivity contribution in [1.82, 2.24) is 10.3 Å². The first-order valence-corrected chi connectivity index (χ1v) is 9.43. The zero-order valence-electron chi connectivity index (χ0n) is 18.1. The molecule has 0 bridgehead atoms. The number of anilines is 1. The van der Waals surface area contributed by atoms with E-state index < -0.39 is 30.0 Å². The van der Waals surface area contributed by atoms with Crippen LogP contribution < -0.4 is 11.1 Å². The minimum absolute atomic E-state index is 0.137. The van der Waals surface area contributed by atoms with Crippen molar-refractivity contribution in [2.45, 2.75) is 65.3 Å². The zero-order valence-corrected chi connectivity index (χ0v) is 18.1. The topological polar surface area (TPSA) is 119 Å². The summed E-state index contributed by atoms with van der Waals surface area (Å²) < 4.78 is 17.5. The van der Waals surface area contributed by atoms with Gasteiger partial charge in [-0.1, -0.05) is 6.08 Å². The number of carbonyl (C=O) groups excluding carboxylic acids is 1. The maximum atomic E-state index is 12.1. The molecular weight excluding hydrogens is 371 g/mol. The number of nitrogen functional groups attached to an aromatic ring is 1. The van der Waals surface area contributed by atoms with Gasteiger partial charge >= 0.3 is 13.2 Å². The predicted octanol–water partition coefficient (Wildman–Crippen LogP) is 3.07. The van der Waals surface area contributed by atoms with Gasteiger partial charge in [0.25, 0.3) is 0 Å². The summed E-state index contributed by atoms with van der Waals surface area (Å²) in [6.07, 6.45) is 2.77. The molecule has 0 saturated carbocycles. The summed E-state index contributed by atoms with van der Waals surface area (Å²) in [6, 6.07) is 3.64. The van der Waals surface area contributed by atoms with Crippen molar-refractivity contribution in [3.05, 3.63) is 28.9 Å². The molecule has 0 aromatic carbocycles. The second-order valence-electron chi connectivity index (χ2n) is 8.98. The number of nitrogens with two attached hydrogens (primary N) is 1. The van der Waals surface area contributed by atoms with Gasteiger partial charge in [0.15, 0.2) is 0 Å². The van der Waals surface area contributed by atoms with Crippen LogP contribution in [0.4, 0.5) is 10.6 Å². The highest BCUT2D eigenvalue weighted by Gasteiger charge is 2.52. The number of nitrogens with one attached hydrogen (secondary N) is 1. The molecule has 2 heterocycles. The number of nitrogens with zero attached hydrogens (tertiary/aromatic N) is 2. The third-order valence-electron chi connectivity index (χ3n) is 4.80. The van der Waals surface area contributed by atoms with Gasteiger partial charge in [0.1, 0.15) is 17.5 Å². The molecule has 2 rings (SSSR count). The van der Waals surface area contributed by atoms with Crippen molar-refractivity contribution in [2.75, 3.05) is 12.3 Å². The lowest BCUT2D eigenvalue weighted by atomic mass is 9.77. The highest BCUT2D eigenvalue weighted by atomic mass is 16.7. The van der Waals surface area contributed by atoms with Crippen molar-refractivity contribution in [2.24, 2.45) is 0 Å². The number of hydrogen-bond acceptors (Lipinski definition) is 7. The molecule has 0 spiro atoms. The molecule has 0 unspecified atom stereocenters. The summed E-state index contributed by atoms with van der Waals surface area (Å²) in [4.78, 5) is 16.2. The van der Waals surface area contributed by atoms with E-state index in [-0.39, 0.29) is 17.9 Å². The fraction of sp³-hybridized carbons (Fsp3) is 0.550. The van der Waals surface area contributed by atoms with E-state index in [1.54, 1.807) is 39.1 Å². The third kappa shape index (κ3) is 5.72. The zero-order chi connectivity index (χ0) is 22.0. The van der Waals surface area contributed by atoms with E-state index in [0.717, 1.165) is 0 Å². The van der Waals surface area contributed by atoms with Gasteiger partial charge in [-0.2, -0.15) is 5.26 Å². The third-order valence-corrected chi connectivity index (χ3v) is 4.80. The van der Waals surface area contributed by atoms with Crippen molar-refractivity contribution in [1.29, 1.82) is 5.26 Å². The van der Waals surface area contributed by atoms with Crippen LogP contribution in [0.1, 0.15) is 59.6 Å². The monoisotopic (exact) mass is 400 g/mol. The highest BCUT2D eigenvalue weighted by Crippen LogP contribution is 2.38. The molecule has 1 aliphatic heterocycles. The number of hydrogen-bond donors (Lipinski definition) is 2. The Labute approximate surface area is 172 Å². The van der Waals surface area contributed by atoms with E-state index in [4.69, 9.17) is 19.8 Å². The van der Waals surface area contributed by atoms with Crippen LogP contribution in [0.15, 0.2) is 17.7 Å². The van der Waals surface area contributed by atoms with Gasteiger partial charge in [-0.05, 0) is 65.6 Å². The van der Waals surface area contributed by atoms with Gasteiger partial charge in [-0.25, -0.2) is 9.78 Å². The molecule has 1 aliphatic rings. The minimum atomic E-state index is -0.682. The molecule has 0 atom stereocenters. The number of nitriles is 1. The van der Waals surface area contributed by atoms with E-state index in [2.05, 4.69) is 10.3 Å². The molecular formula is C20H29BN4O4. The average molecular weight is 400 g/mol. The molecule has 8 nitrogen and oxygen atoms in total. The van der Waals surface area contributed by atoms with Crippen LogP contribution in [0.2, 0.25) is 0 Å². The molecule has 1 amide bonds. The summed E-state index contributed by atoms with van der Waals surface area (Å²) in [5.41, 5.74) is 5.58. The first kappa shape index (κ1) is 22.7. The molecule has 156 valence electrons. The molecule has 3 N–H and O–H groups in total. The number of pyridine rings is 1. The lowest BCUT2D eigenvalue weighted by Crippen LogP contribution is -2.41. The smallest absolute Gasteiger partial charge is 0.444 e. The molecule has 0 radical (unpaired) electrons. The van der Waals surface area contributed by atoms with Crippen molar-refractivity contribution in [3.8, 4) is 6.07 Å². The summed E-state index contributed by atoms with van der Waals surface area (Å²) in [6.45, 7) is 13.3. The van der Waals surface area contributed by atoms with Gasteiger partial charge in [0, 0.05) is 12.7 Å². The summed E-state index contributed by atoms with van der Waals surface area (Å²) >= 11 is 0. The fourth-order valence-corrected chi connectivity index (χ4v) is 2.56. The Bertz CT molecular complexity index is 837. The average Bonchev–Trinajstić information content (AvgIpc) is 2.79. The standard InChI is InChI=1S/C20H29BN4O4/c1-18(2,3)27-17(26)25-12-15(21-28-19(4,5)20(6,7)29-21)9-13-8-14(10-22)16(23)24-11-13/h8-9,11H,12H2,1-7H3,(H2,23,24)(H,25,26). The predicted molar refractivity (Wildman–Crippen MR) is 112 cm³/mol. The number of amides is 1. The van der Waals surface area contributed by atoms with E-state index in [0.29, 0.717) is 11.0 Å². The second-order valence-corrected chi connectivity index (χ2v) is 8.98. The summed E-state index contributed by atoms with van der Waals surface area (Å²) in [5, 5.41) is 11.9. The first-order valence-electron chi connectivity index (χ1n) is 9.43.